The average molecular weight is 455 g/mol. The fraction of sp³-hybridized carbons (Fsp3) is 0.222. The predicted molar refractivity (Wildman–Crippen MR) is 106 cm³/mol. The van der Waals surface area contributed by atoms with Crippen molar-refractivity contribution in [1.29, 1.82) is 0 Å². The Hall–Kier alpha value is -1.77. The Morgan fingerprint density at radius 3 is 2.73 bits per heavy atom. The van der Waals surface area contributed by atoms with E-state index in [1.54, 1.807) is 35.4 Å². The molecule has 1 amide bonds. The molecule has 0 bridgehead atoms. The van der Waals surface area contributed by atoms with Gasteiger partial charge in [-0.3, -0.25) is 4.79 Å². The topological polar surface area (TPSA) is 42.4 Å². The number of likely N-dealkylation sites (N-methyl/N-ethyl adjacent to an activating group) is 1. The fourth-order valence-corrected chi connectivity index (χ4v) is 4.50. The van der Waals surface area contributed by atoms with Gasteiger partial charge in [0.1, 0.15) is 23.2 Å². The summed E-state index contributed by atoms with van der Waals surface area (Å²) in [5.74, 6) is 0.262. The van der Waals surface area contributed by atoms with E-state index in [9.17, 15) is 9.18 Å². The average Bonchev–Trinajstić information content (AvgIpc) is 3.25. The van der Waals surface area contributed by atoms with Gasteiger partial charge in [-0.1, -0.05) is 0 Å². The second kappa shape index (κ2) is 8.75. The van der Waals surface area contributed by atoms with Crippen LogP contribution in [0.25, 0.3) is 9.88 Å². The Labute approximate surface area is 167 Å². The molecule has 0 fully saturated rings. The number of halogens is 2. The number of thiophene rings is 1. The molecule has 3 rings (SSSR count). The third kappa shape index (κ3) is 5.12. The van der Waals surface area contributed by atoms with E-state index in [0.29, 0.717) is 18.9 Å². The van der Waals surface area contributed by atoms with Gasteiger partial charge < -0.3 is 9.64 Å². The van der Waals surface area contributed by atoms with Gasteiger partial charge in [0.2, 0.25) is 5.91 Å². The second-order valence-corrected chi connectivity index (χ2v) is 8.25. The van der Waals surface area contributed by atoms with Crippen molar-refractivity contribution in [2.75, 3.05) is 20.2 Å². The number of benzene rings is 1. The summed E-state index contributed by atoms with van der Waals surface area (Å²) in [7, 11) is 1.74. The van der Waals surface area contributed by atoms with Crippen molar-refractivity contribution in [2.24, 2.45) is 0 Å². The lowest BCUT2D eigenvalue weighted by Gasteiger charge is -2.17. The zero-order valence-corrected chi connectivity index (χ0v) is 17.2. The van der Waals surface area contributed by atoms with Crippen LogP contribution in [0.3, 0.4) is 0 Å². The number of amides is 1. The minimum absolute atomic E-state index is 0.0167. The van der Waals surface area contributed by atoms with Crippen molar-refractivity contribution in [2.45, 2.75) is 6.42 Å². The Kier molecular flexibility index (Phi) is 6.39. The van der Waals surface area contributed by atoms with Crippen molar-refractivity contribution >= 4 is 44.5 Å². The first-order chi connectivity index (χ1) is 12.5. The number of rotatable bonds is 7. The first-order valence-corrected chi connectivity index (χ1v) is 10.4. The van der Waals surface area contributed by atoms with Crippen molar-refractivity contribution in [3.8, 4) is 15.6 Å². The van der Waals surface area contributed by atoms with Gasteiger partial charge in [-0.05, 0) is 46.3 Å². The SMILES string of the molecule is CN(CCOc1ccc(F)cc1)C(=O)Cc1csc(-c2cc(Br)cs2)n1. The zero-order valence-electron chi connectivity index (χ0n) is 13.9. The normalized spacial score (nSPS) is 10.7. The van der Waals surface area contributed by atoms with Gasteiger partial charge in [-0.2, -0.15) is 0 Å². The maximum atomic E-state index is 12.8. The Balaban J connectivity index is 1.48. The molecule has 0 saturated carbocycles. The van der Waals surface area contributed by atoms with Crippen LogP contribution in [0.15, 0.2) is 45.6 Å². The molecular formula is C18H16BrFN2O2S2. The van der Waals surface area contributed by atoms with Gasteiger partial charge in [0.25, 0.3) is 0 Å². The minimum Gasteiger partial charge on any atom is -0.492 e. The van der Waals surface area contributed by atoms with Gasteiger partial charge in [0.05, 0.1) is 23.5 Å². The minimum atomic E-state index is -0.304. The quantitative estimate of drug-likeness (QED) is 0.512. The van der Waals surface area contributed by atoms with Crippen LogP contribution in [-0.4, -0.2) is 36.0 Å². The molecular weight excluding hydrogens is 439 g/mol. The third-order valence-electron chi connectivity index (χ3n) is 3.60. The summed E-state index contributed by atoms with van der Waals surface area (Å²) < 4.78 is 19.4. The molecule has 0 aliphatic carbocycles. The van der Waals surface area contributed by atoms with E-state index >= 15 is 0 Å². The largest absolute Gasteiger partial charge is 0.492 e. The molecule has 0 aliphatic rings. The number of hydrogen-bond acceptors (Lipinski definition) is 5. The first-order valence-electron chi connectivity index (χ1n) is 7.82. The molecule has 136 valence electrons. The highest BCUT2D eigenvalue weighted by molar-refractivity contribution is 9.10. The molecule has 2 aromatic heterocycles. The molecule has 1 aromatic carbocycles. The molecule has 3 aromatic rings. The fourth-order valence-electron chi connectivity index (χ4n) is 2.17. The Bertz CT molecular complexity index is 879. The smallest absolute Gasteiger partial charge is 0.228 e. The van der Waals surface area contributed by atoms with Crippen LogP contribution in [0.2, 0.25) is 0 Å². The van der Waals surface area contributed by atoms with Crippen molar-refractivity contribution < 1.29 is 13.9 Å². The summed E-state index contributed by atoms with van der Waals surface area (Å²) in [6.45, 7) is 0.796. The maximum Gasteiger partial charge on any atom is 0.228 e. The molecule has 0 saturated heterocycles. The number of aromatic nitrogens is 1. The van der Waals surface area contributed by atoms with E-state index in [-0.39, 0.29) is 18.1 Å². The van der Waals surface area contributed by atoms with Crippen LogP contribution >= 0.6 is 38.6 Å². The highest BCUT2D eigenvalue weighted by atomic mass is 79.9. The number of thiazole rings is 1. The number of ether oxygens (including phenoxy) is 1. The molecule has 0 radical (unpaired) electrons. The molecule has 0 spiro atoms. The van der Waals surface area contributed by atoms with Crippen molar-refractivity contribution in [1.82, 2.24) is 9.88 Å². The van der Waals surface area contributed by atoms with Gasteiger partial charge in [0, 0.05) is 22.3 Å². The number of carbonyl (C=O) groups is 1. The zero-order chi connectivity index (χ0) is 18.5. The van der Waals surface area contributed by atoms with E-state index < -0.39 is 0 Å². The van der Waals surface area contributed by atoms with Gasteiger partial charge in [-0.25, -0.2) is 9.37 Å². The highest BCUT2D eigenvalue weighted by Gasteiger charge is 2.13. The molecule has 26 heavy (non-hydrogen) atoms. The molecule has 2 heterocycles. The van der Waals surface area contributed by atoms with E-state index in [1.807, 2.05) is 16.8 Å². The monoisotopic (exact) mass is 454 g/mol. The molecule has 4 nitrogen and oxygen atoms in total. The van der Waals surface area contributed by atoms with E-state index in [2.05, 4.69) is 20.9 Å². The van der Waals surface area contributed by atoms with Crippen LogP contribution < -0.4 is 4.74 Å². The number of carbonyl (C=O) groups excluding carboxylic acids is 1. The predicted octanol–water partition coefficient (Wildman–Crippen LogP) is 4.85. The molecule has 0 N–H and O–H groups in total. The Morgan fingerprint density at radius 1 is 1.27 bits per heavy atom. The summed E-state index contributed by atoms with van der Waals surface area (Å²) in [6.07, 6.45) is 0.260. The van der Waals surface area contributed by atoms with Crippen LogP contribution in [0.5, 0.6) is 5.75 Å². The summed E-state index contributed by atoms with van der Waals surface area (Å²) in [5.41, 5.74) is 0.769. The first kappa shape index (κ1) is 19.0. The standard InChI is InChI=1S/C18H16BrFN2O2S2/c1-22(6-7-24-15-4-2-13(20)3-5-15)17(23)9-14-11-26-18(21-14)16-8-12(19)10-25-16/h2-5,8,10-11H,6-7,9H2,1H3. The number of hydrogen-bond donors (Lipinski definition) is 0. The van der Waals surface area contributed by atoms with Gasteiger partial charge in [-0.15, -0.1) is 22.7 Å². The maximum absolute atomic E-state index is 12.8. The molecule has 0 unspecified atom stereocenters. The van der Waals surface area contributed by atoms with Crippen LogP contribution in [0.1, 0.15) is 5.69 Å². The molecule has 8 heteroatoms. The summed E-state index contributed by atoms with van der Waals surface area (Å²) >= 11 is 6.59. The van der Waals surface area contributed by atoms with Gasteiger partial charge in [0.15, 0.2) is 0 Å². The van der Waals surface area contributed by atoms with E-state index in [0.717, 1.165) is 20.1 Å². The van der Waals surface area contributed by atoms with Crippen LogP contribution in [0, 0.1) is 5.82 Å². The lowest BCUT2D eigenvalue weighted by Crippen LogP contribution is -2.32. The molecule has 0 atom stereocenters. The van der Waals surface area contributed by atoms with Crippen LogP contribution in [-0.2, 0) is 11.2 Å². The highest BCUT2D eigenvalue weighted by Crippen LogP contribution is 2.32. The lowest BCUT2D eigenvalue weighted by molar-refractivity contribution is -0.129. The van der Waals surface area contributed by atoms with Crippen LogP contribution in [0.4, 0.5) is 4.39 Å². The van der Waals surface area contributed by atoms with Crippen molar-refractivity contribution in [3.05, 3.63) is 57.1 Å². The van der Waals surface area contributed by atoms with E-state index in [1.165, 1.54) is 23.5 Å². The van der Waals surface area contributed by atoms with Crippen molar-refractivity contribution in [3.63, 3.8) is 0 Å². The summed E-state index contributed by atoms with van der Waals surface area (Å²) in [5, 5.41) is 4.85. The van der Waals surface area contributed by atoms with E-state index in [4.69, 9.17) is 4.74 Å². The molecule has 0 aliphatic heterocycles. The van der Waals surface area contributed by atoms with Gasteiger partial charge >= 0.3 is 0 Å². The second-order valence-electron chi connectivity index (χ2n) is 5.57. The third-order valence-corrected chi connectivity index (χ3v) is 6.35. The number of nitrogens with zero attached hydrogens (tertiary/aromatic N) is 2. The lowest BCUT2D eigenvalue weighted by atomic mass is 10.3. The summed E-state index contributed by atoms with van der Waals surface area (Å²) in [6, 6.07) is 7.84. The Morgan fingerprint density at radius 2 is 2.04 bits per heavy atom. The summed E-state index contributed by atoms with van der Waals surface area (Å²) in [4.78, 5) is 19.6.